The Morgan fingerprint density at radius 1 is 1.46 bits per heavy atom. The zero-order valence-corrected chi connectivity index (χ0v) is 8.21. The molecule has 1 rings (SSSR count). The molecule has 2 atom stereocenters. The number of hydrogen-bond donors (Lipinski definition) is 1. The van der Waals surface area contributed by atoms with Gasteiger partial charge in [-0.05, 0) is 26.1 Å². The summed E-state index contributed by atoms with van der Waals surface area (Å²) in [6.07, 6.45) is 1.62. The first-order valence-corrected chi connectivity index (χ1v) is 4.44. The number of nitrogens with zero attached hydrogens (tertiary/aromatic N) is 1. The molecule has 1 aromatic heterocycles. The average Bonchev–Trinajstić information content (AvgIpc) is 2.16. The van der Waals surface area contributed by atoms with Gasteiger partial charge in [-0.25, -0.2) is 4.39 Å². The maximum Gasteiger partial charge on any atom is 0.145 e. The Hall–Kier alpha value is -0.960. The van der Waals surface area contributed by atoms with Gasteiger partial charge >= 0.3 is 0 Å². The number of pyridine rings is 1. The minimum absolute atomic E-state index is 0.0891. The third kappa shape index (κ3) is 2.25. The quantitative estimate of drug-likeness (QED) is 0.772. The fourth-order valence-corrected chi connectivity index (χ4v) is 1.22. The van der Waals surface area contributed by atoms with Crippen molar-refractivity contribution in [1.29, 1.82) is 0 Å². The molecule has 13 heavy (non-hydrogen) atoms. The molecule has 0 aliphatic carbocycles. The summed E-state index contributed by atoms with van der Waals surface area (Å²) in [6.45, 7) is 3.98. The molecule has 0 bridgehead atoms. The van der Waals surface area contributed by atoms with Crippen LogP contribution in [0.3, 0.4) is 0 Å². The molecule has 72 valence electrons. The number of hydrogen-bond acceptors (Lipinski definition) is 2. The van der Waals surface area contributed by atoms with Crippen molar-refractivity contribution in [3.8, 4) is 0 Å². The van der Waals surface area contributed by atoms with Crippen LogP contribution in [0, 0.1) is 5.82 Å². The number of halogens is 1. The highest BCUT2D eigenvalue weighted by Crippen LogP contribution is 2.18. The van der Waals surface area contributed by atoms with E-state index < -0.39 is 0 Å². The molecule has 1 aromatic rings. The summed E-state index contributed by atoms with van der Waals surface area (Å²) in [5, 5.41) is 3.08. The summed E-state index contributed by atoms with van der Waals surface area (Å²) < 4.78 is 13.2. The molecule has 3 heteroatoms. The Labute approximate surface area is 78.2 Å². The molecule has 0 saturated carbocycles. The van der Waals surface area contributed by atoms with Crippen LogP contribution in [-0.4, -0.2) is 18.1 Å². The Bertz CT molecular complexity index is 275. The molecule has 0 radical (unpaired) electrons. The molecule has 1 heterocycles. The first-order valence-electron chi connectivity index (χ1n) is 4.44. The van der Waals surface area contributed by atoms with Gasteiger partial charge in [0.05, 0.1) is 5.69 Å². The zero-order chi connectivity index (χ0) is 9.84. The minimum atomic E-state index is -0.225. The van der Waals surface area contributed by atoms with Gasteiger partial charge in [-0.15, -0.1) is 0 Å². The van der Waals surface area contributed by atoms with Crippen molar-refractivity contribution in [3.63, 3.8) is 0 Å². The van der Waals surface area contributed by atoms with E-state index >= 15 is 0 Å². The summed E-state index contributed by atoms with van der Waals surface area (Å²) in [5.41, 5.74) is 0.532. The van der Waals surface area contributed by atoms with Gasteiger partial charge in [-0.1, -0.05) is 6.92 Å². The maximum absolute atomic E-state index is 13.2. The lowest BCUT2D eigenvalue weighted by Gasteiger charge is -2.18. The third-order valence-electron chi connectivity index (χ3n) is 2.42. The number of rotatable bonds is 3. The molecule has 0 aliphatic rings. The van der Waals surface area contributed by atoms with Gasteiger partial charge < -0.3 is 5.32 Å². The fourth-order valence-electron chi connectivity index (χ4n) is 1.22. The van der Waals surface area contributed by atoms with E-state index in [-0.39, 0.29) is 17.8 Å². The van der Waals surface area contributed by atoms with Crippen molar-refractivity contribution in [2.75, 3.05) is 7.05 Å². The van der Waals surface area contributed by atoms with E-state index in [1.165, 1.54) is 6.07 Å². The second-order valence-corrected chi connectivity index (χ2v) is 3.24. The molecular formula is C10H15FN2. The van der Waals surface area contributed by atoms with Crippen molar-refractivity contribution < 1.29 is 4.39 Å². The lowest BCUT2D eigenvalue weighted by molar-refractivity contribution is 0.485. The Morgan fingerprint density at radius 2 is 2.15 bits per heavy atom. The summed E-state index contributed by atoms with van der Waals surface area (Å²) in [5.74, 6) is -0.136. The Balaban J connectivity index is 2.88. The lowest BCUT2D eigenvalue weighted by Crippen LogP contribution is -2.28. The highest BCUT2D eigenvalue weighted by Gasteiger charge is 2.16. The minimum Gasteiger partial charge on any atom is -0.317 e. The van der Waals surface area contributed by atoms with Crippen LogP contribution in [0.15, 0.2) is 18.3 Å². The van der Waals surface area contributed by atoms with Crippen LogP contribution in [0.25, 0.3) is 0 Å². The van der Waals surface area contributed by atoms with E-state index in [2.05, 4.69) is 10.3 Å². The van der Waals surface area contributed by atoms with Crippen LogP contribution < -0.4 is 5.32 Å². The summed E-state index contributed by atoms with van der Waals surface area (Å²) in [6, 6.07) is 3.28. The van der Waals surface area contributed by atoms with Gasteiger partial charge in [-0.3, -0.25) is 4.98 Å². The van der Waals surface area contributed by atoms with Gasteiger partial charge in [0, 0.05) is 18.2 Å². The topological polar surface area (TPSA) is 24.9 Å². The van der Waals surface area contributed by atoms with Gasteiger partial charge in [-0.2, -0.15) is 0 Å². The zero-order valence-electron chi connectivity index (χ0n) is 8.21. The van der Waals surface area contributed by atoms with Gasteiger partial charge in [0.15, 0.2) is 0 Å². The highest BCUT2D eigenvalue weighted by atomic mass is 19.1. The molecule has 0 aromatic carbocycles. The second kappa shape index (κ2) is 4.33. The summed E-state index contributed by atoms with van der Waals surface area (Å²) in [4.78, 5) is 4.03. The monoisotopic (exact) mass is 182 g/mol. The van der Waals surface area contributed by atoms with Crippen LogP contribution in [-0.2, 0) is 0 Å². The average molecular weight is 182 g/mol. The molecule has 0 spiro atoms. The molecule has 1 N–H and O–H groups in total. The van der Waals surface area contributed by atoms with Crippen molar-refractivity contribution in [2.24, 2.45) is 0 Å². The summed E-state index contributed by atoms with van der Waals surface area (Å²) >= 11 is 0. The van der Waals surface area contributed by atoms with E-state index in [0.29, 0.717) is 5.69 Å². The van der Waals surface area contributed by atoms with E-state index in [1.807, 2.05) is 20.9 Å². The molecule has 2 nitrogen and oxygen atoms in total. The maximum atomic E-state index is 13.2. The third-order valence-corrected chi connectivity index (χ3v) is 2.42. The molecule has 0 saturated heterocycles. The second-order valence-electron chi connectivity index (χ2n) is 3.24. The van der Waals surface area contributed by atoms with Gasteiger partial charge in [0.1, 0.15) is 5.82 Å². The molecule has 0 aliphatic heterocycles. The molecule has 0 fully saturated rings. The normalized spacial score (nSPS) is 15.4. The fraction of sp³-hybridized carbons (Fsp3) is 0.500. The predicted molar refractivity (Wildman–Crippen MR) is 51.1 cm³/mol. The van der Waals surface area contributed by atoms with E-state index in [1.54, 1.807) is 12.3 Å². The summed E-state index contributed by atoms with van der Waals surface area (Å²) in [7, 11) is 1.86. The van der Waals surface area contributed by atoms with Gasteiger partial charge in [0.25, 0.3) is 0 Å². The Morgan fingerprint density at radius 3 is 2.69 bits per heavy atom. The van der Waals surface area contributed by atoms with Crippen LogP contribution >= 0.6 is 0 Å². The number of nitrogens with one attached hydrogen (secondary N) is 1. The number of aromatic nitrogens is 1. The van der Waals surface area contributed by atoms with E-state index in [0.717, 1.165) is 0 Å². The highest BCUT2D eigenvalue weighted by molar-refractivity contribution is 5.13. The molecule has 0 amide bonds. The largest absolute Gasteiger partial charge is 0.317 e. The van der Waals surface area contributed by atoms with Crippen LogP contribution in [0.4, 0.5) is 4.39 Å². The number of likely N-dealkylation sites (N-methyl/N-ethyl adjacent to an activating group) is 1. The van der Waals surface area contributed by atoms with Crippen molar-refractivity contribution in [1.82, 2.24) is 10.3 Å². The Kier molecular flexibility index (Phi) is 3.37. The molecule has 2 unspecified atom stereocenters. The standard InChI is InChI=1S/C10H15FN2/c1-7(8(2)12-3)10-9(11)5-4-6-13-10/h4-8,12H,1-3H3. The van der Waals surface area contributed by atoms with Crippen molar-refractivity contribution in [3.05, 3.63) is 29.8 Å². The van der Waals surface area contributed by atoms with Crippen LogP contribution in [0.1, 0.15) is 25.5 Å². The SMILES string of the molecule is CNC(C)C(C)c1ncccc1F. The van der Waals surface area contributed by atoms with E-state index in [9.17, 15) is 4.39 Å². The van der Waals surface area contributed by atoms with Crippen LogP contribution in [0.5, 0.6) is 0 Å². The smallest absolute Gasteiger partial charge is 0.145 e. The lowest BCUT2D eigenvalue weighted by atomic mass is 9.99. The van der Waals surface area contributed by atoms with Crippen molar-refractivity contribution in [2.45, 2.75) is 25.8 Å². The van der Waals surface area contributed by atoms with Crippen molar-refractivity contribution >= 4 is 0 Å². The van der Waals surface area contributed by atoms with Gasteiger partial charge in [0.2, 0.25) is 0 Å². The van der Waals surface area contributed by atoms with E-state index in [4.69, 9.17) is 0 Å². The first kappa shape index (κ1) is 10.1. The molecular weight excluding hydrogens is 167 g/mol. The van der Waals surface area contributed by atoms with Crippen LogP contribution in [0.2, 0.25) is 0 Å². The first-order chi connectivity index (χ1) is 6.16. The predicted octanol–water partition coefficient (Wildman–Crippen LogP) is 1.93.